The summed E-state index contributed by atoms with van der Waals surface area (Å²) in [5, 5.41) is 1.63. The number of fused-ring (bicyclic) bond motifs is 1. The van der Waals surface area contributed by atoms with Gasteiger partial charge in [-0.05, 0) is 82.1 Å². The summed E-state index contributed by atoms with van der Waals surface area (Å²) in [7, 11) is -3.42. The Balaban J connectivity index is 1.36. The standard InChI is InChI=1S/C47H51BrN2O7SSi/c1-32-40-42(51)50(47(5,6)44(52)57-59(46(2,3)4,35-20-12-8-13-21-35)36-22-14-9-15-23-36)45(53)49(43(40)58-41(32)48)30-39(56-34-26-28-54-29-27-34)37-24-16-17-25-38(37)55-31-33-18-10-7-11-19-33/h7-25,34,39H,26-31H2,1-6H3/t39-/m0/s1. The largest absolute Gasteiger partial charge is 0.508 e. The number of rotatable bonds is 13. The van der Waals surface area contributed by atoms with E-state index in [9.17, 15) is 4.79 Å². The molecule has 0 spiro atoms. The van der Waals surface area contributed by atoms with Crippen LogP contribution in [0.15, 0.2) is 129 Å². The number of para-hydroxylation sites is 1. The van der Waals surface area contributed by atoms with Gasteiger partial charge in [-0.2, -0.15) is 0 Å². The van der Waals surface area contributed by atoms with Crippen molar-refractivity contribution in [2.45, 2.75) is 90.3 Å². The predicted molar refractivity (Wildman–Crippen MR) is 241 cm³/mol. The van der Waals surface area contributed by atoms with Crippen LogP contribution >= 0.6 is 27.3 Å². The highest BCUT2D eigenvalue weighted by Gasteiger charge is 2.55. The van der Waals surface area contributed by atoms with E-state index in [1.54, 1.807) is 18.4 Å². The van der Waals surface area contributed by atoms with E-state index in [0.717, 1.165) is 29.9 Å². The zero-order valence-corrected chi connectivity index (χ0v) is 37.8. The van der Waals surface area contributed by atoms with E-state index in [1.165, 1.54) is 11.3 Å². The number of benzene rings is 4. The van der Waals surface area contributed by atoms with Crippen molar-refractivity contribution < 1.29 is 23.4 Å². The lowest BCUT2D eigenvalue weighted by Gasteiger charge is -2.43. The molecule has 7 rings (SSSR count). The van der Waals surface area contributed by atoms with Crippen LogP contribution in [0.5, 0.6) is 5.75 Å². The van der Waals surface area contributed by atoms with Gasteiger partial charge >= 0.3 is 20.0 Å². The first kappa shape index (κ1) is 42.5. The molecule has 0 unspecified atom stereocenters. The SMILES string of the molecule is Cc1c(Br)sc2c1c(=O)n(C(C)(C)C(=O)O[Si](c1ccccc1)(c1ccccc1)C(C)(C)C)c(=O)n2C[C@H](OC1CCOCC1)c1ccccc1OCc1ccccc1. The number of thiophene rings is 1. The quantitative estimate of drug-likeness (QED) is 0.107. The van der Waals surface area contributed by atoms with E-state index in [1.807, 2.05) is 122 Å². The number of halogens is 1. The number of aromatic nitrogens is 2. The molecule has 1 saturated heterocycles. The number of nitrogens with zero attached hydrogens (tertiary/aromatic N) is 2. The third kappa shape index (κ3) is 8.43. The maximum Gasteiger partial charge on any atom is 0.333 e. The Hall–Kier alpha value is -4.59. The molecule has 1 aliphatic heterocycles. The summed E-state index contributed by atoms with van der Waals surface area (Å²) in [6.07, 6.45) is 0.587. The van der Waals surface area contributed by atoms with Crippen LogP contribution < -0.4 is 26.4 Å². The highest BCUT2D eigenvalue weighted by molar-refractivity contribution is 9.11. The van der Waals surface area contributed by atoms with Gasteiger partial charge in [-0.15, -0.1) is 11.3 Å². The maximum atomic E-state index is 15.2. The number of carbonyl (C=O) groups excluding carboxylic acids is 1. The Labute approximate surface area is 358 Å². The first-order valence-corrected chi connectivity index (χ1v) is 23.5. The molecule has 0 amide bonds. The summed E-state index contributed by atoms with van der Waals surface area (Å²) in [4.78, 5) is 45.6. The second-order valence-electron chi connectivity index (χ2n) is 16.6. The van der Waals surface area contributed by atoms with Crippen LogP contribution in [0.4, 0.5) is 0 Å². The smallest absolute Gasteiger partial charge is 0.333 e. The van der Waals surface area contributed by atoms with Crippen molar-refractivity contribution in [1.29, 1.82) is 0 Å². The van der Waals surface area contributed by atoms with E-state index >= 15 is 9.59 Å². The molecule has 0 radical (unpaired) electrons. The molecule has 0 bridgehead atoms. The molecule has 308 valence electrons. The molecular formula is C47H51BrN2O7SSi. The van der Waals surface area contributed by atoms with Crippen molar-refractivity contribution in [3.05, 3.63) is 157 Å². The minimum atomic E-state index is -3.42. The molecule has 4 aromatic carbocycles. The molecule has 6 aromatic rings. The van der Waals surface area contributed by atoms with Gasteiger partial charge in [-0.25, -0.2) is 9.36 Å². The second kappa shape index (κ2) is 17.6. The van der Waals surface area contributed by atoms with Crippen LogP contribution in [-0.4, -0.2) is 42.7 Å². The molecule has 1 atom stereocenters. The number of hydrogen-bond acceptors (Lipinski definition) is 8. The van der Waals surface area contributed by atoms with Gasteiger partial charge in [0.1, 0.15) is 28.8 Å². The van der Waals surface area contributed by atoms with Gasteiger partial charge in [0.05, 0.1) is 21.8 Å². The summed E-state index contributed by atoms with van der Waals surface area (Å²) in [5.41, 5.74) is -0.457. The van der Waals surface area contributed by atoms with Crippen molar-refractivity contribution in [2.24, 2.45) is 0 Å². The third-order valence-electron chi connectivity index (χ3n) is 11.3. The molecule has 3 heterocycles. The van der Waals surface area contributed by atoms with Gasteiger partial charge < -0.3 is 18.6 Å². The summed E-state index contributed by atoms with van der Waals surface area (Å²) >= 11 is 4.98. The fraction of sp³-hybridized carbons (Fsp3) is 0.340. The van der Waals surface area contributed by atoms with Crippen molar-refractivity contribution >= 4 is 62.1 Å². The van der Waals surface area contributed by atoms with Crippen molar-refractivity contribution in [1.82, 2.24) is 9.13 Å². The normalized spacial score (nSPS) is 14.6. The zero-order valence-electron chi connectivity index (χ0n) is 34.4. The Morgan fingerprint density at radius 1 is 0.847 bits per heavy atom. The van der Waals surface area contributed by atoms with Crippen molar-refractivity contribution in [2.75, 3.05) is 13.2 Å². The Kier molecular flexibility index (Phi) is 12.7. The summed E-state index contributed by atoms with van der Waals surface area (Å²) in [6, 6.07) is 37.3. The van der Waals surface area contributed by atoms with Crippen molar-refractivity contribution in [3.8, 4) is 5.75 Å². The average molecular weight is 896 g/mol. The lowest BCUT2D eigenvalue weighted by molar-refractivity contribution is -0.144. The Morgan fingerprint density at radius 2 is 1.41 bits per heavy atom. The van der Waals surface area contributed by atoms with E-state index in [0.29, 0.717) is 54.2 Å². The second-order valence-corrected chi connectivity index (χ2v) is 23.1. The molecule has 0 aliphatic carbocycles. The Morgan fingerprint density at radius 3 is 2.00 bits per heavy atom. The van der Waals surface area contributed by atoms with Gasteiger partial charge in [0.25, 0.3) is 5.56 Å². The maximum absolute atomic E-state index is 15.2. The lowest BCUT2D eigenvalue weighted by Crippen LogP contribution is -2.69. The Bertz CT molecular complexity index is 2490. The first-order chi connectivity index (χ1) is 28.2. The third-order valence-corrected chi connectivity index (χ3v) is 18.3. The molecule has 2 aromatic heterocycles. The van der Waals surface area contributed by atoms with E-state index in [2.05, 4.69) is 36.7 Å². The van der Waals surface area contributed by atoms with Gasteiger partial charge in [-0.1, -0.05) is 130 Å². The van der Waals surface area contributed by atoms with Crippen LogP contribution in [0.25, 0.3) is 10.2 Å². The number of carbonyl (C=O) groups is 1. The first-order valence-electron chi connectivity index (χ1n) is 20.0. The molecule has 12 heteroatoms. The van der Waals surface area contributed by atoms with Gasteiger partial charge in [0.15, 0.2) is 0 Å². The van der Waals surface area contributed by atoms with Crippen LogP contribution in [0.3, 0.4) is 0 Å². The highest BCUT2D eigenvalue weighted by atomic mass is 79.9. The molecule has 0 N–H and O–H groups in total. The fourth-order valence-electron chi connectivity index (χ4n) is 8.02. The monoisotopic (exact) mass is 894 g/mol. The molecular weight excluding hydrogens is 845 g/mol. The number of ether oxygens (including phenoxy) is 3. The van der Waals surface area contributed by atoms with Crippen LogP contribution in [0.1, 0.15) is 70.3 Å². The van der Waals surface area contributed by atoms with Crippen LogP contribution in [0, 0.1) is 6.92 Å². The molecule has 1 aliphatic rings. The van der Waals surface area contributed by atoms with E-state index in [-0.39, 0.29) is 12.6 Å². The minimum absolute atomic E-state index is 0.0465. The highest BCUT2D eigenvalue weighted by Crippen LogP contribution is 2.39. The topological polar surface area (TPSA) is 98.0 Å². The molecule has 59 heavy (non-hydrogen) atoms. The summed E-state index contributed by atoms with van der Waals surface area (Å²) in [5.74, 6) is -0.0395. The minimum Gasteiger partial charge on any atom is -0.508 e. The van der Waals surface area contributed by atoms with Gasteiger partial charge in [0, 0.05) is 18.8 Å². The molecule has 0 saturated carbocycles. The molecule has 1 fully saturated rings. The fourth-order valence-corrected chi connectivity index (χ4v) is 14.2. The number of aryl methyl sites for hydroxylation is 1. The average Bonchev–Trinajstić information content (AvgIpc) is 3.54. The van der Waals surface area contributed by atoms with Gasteiger partial charge in [0.2, 0.25) is 0 Å². The van der Waals surface area contributed by atoms with Crippen LogP contribution in [0.2, 0.25) is 5.04 Å². The van der Waals surface area contributed by atoms with Gasteiger partial charge in [-0.3, -0.25) is 14.2 Å². The van der Waals surface area contributed by atoms with Crippen molar-refractivity contribution in [3.63, 3.8) is 0 Å². The van der Waals surface area contributed by atoms with Crippen LogP contribution in [-0.2, 0) is 37.4 Å². The lowest BCUT2D eigenvalue weighted by atomic mass is 10.0. The number of hydrogen-bond donors (Lipinski definition) is 0. The summed E-state index contributed by atoms with van der Waals surface area (Å²) < 4.78 is 29.4. The predicted octanol–water partition coefficient (Wildman–Crippen LogP) is 8.65. The summed E-state index contributed by atoms with van der Waals surface area (Å²) in [6.45, 7) is 12.8. The molecule has 9 nitrogen and oxygen atoms in total. The zero-order chi connectivity index (χ0) is 42.0. The van der Waals surface area contributed by atoms with E-state index in [4.69, 9.17) is 18.6 Å². The van der Waals surface area contributed by atoms with E-state index < -0.39 is 42.2 Å².